The molecule has 3 aromatic carbocycles. The fraction of sp³-hybridized carbons (Fsp3) is 0.405. The van der Waals surface area contributed by atoms with Gasteiger partial charge in [-0.25, -0.2) is 14.8 Å². The lowest BCUT2D eigenvalue weighted by molar-refractivity contribution is -0.142. The number of unbranched alkanes of at least 4 members (excludes halogenated alkanes) is 4. The van der Waals surface area contributed by atoms with Crippen molar-refractivity contribution in [2.75, 3.05) is 6.61 Å². The first-order chi connectivity index (χ1) is 24.5. The molecule has 270 valence electrons. The quantitative estimate of drug-likeness (QED) is 0.0897. The van der Waals surface area contributed by atoms with Crippen molar-refractivity contribution in [2.45, 2.75) is 103 Å². The van der Waals surface area contributed by atoms with E-state index in [0.29, 0.717) is 17.8 Å². The van der Waals surface area contributed by atoms with E-state index in [1.54, 1.807) is 24.5 Å². The fourth-order valence-corrected chi connectivity index (χ4v) is 5.68. The number of hydrogen-bond acceptors (Lipinski definition) is 6. The Kier molecular flexibility index (Phi) is 14.3. The number of hydrogen-bond donors (Lipinski definition) is 3. The number of carbonyl (C=O) groups excluding carboxylic acids is 2. The van der Waals surface area contributed by atoms with Gasteiger partial charge in [0.05, 0.1) is 6.61 Å². The van der Waals surface area contributed by atoms with Gasteiger partial charge in [0.25, 0.3) is 5.91 Å². The van der Waals surface area contributed by atoms with E-state index in [4.69, 9.17) is 4.74 Å². The van der Waals surface area contributed by atoms with Crippen molar-refractivity contribution in [1.29, 1.82) is 0 Å². The standard InChI is InChI=1S/C42H52N4O5/c1-6-8-9-10-11-25-51-35-23-19-30(20-24-35)33-27-43-38(44-28-33)31-15-13-29(14-16-31)26-37(40(48)45-36(12-7-2)41(49)50)46-39(47)32-17-21-34(22-18-32)42(3,4)5/h13-24,27-28,36-37H,6-12,25-26H2,1-5H3,(H,45,48)(H,46,47)(H,49,50)/t36?,37-/m0/s1. The number of nitrogens with one attached hydrogen (secondary N) is 2. The molecule has 0 aliphatic carbocycles. The molecule has 9 heteroatoms. The number of rotatable bonds is 18. The van der Waals surface area contributed by atoms with Crippen LogP contribution in [0.5, 0.6) is 5.75 Å². The Labute approximate surface area is 302 Å². The van der Waals surface area contributed by atoms with Crippen molar-refractivity contribution in [3.05, 3.63) is 102 Å². The minimum Gasteiger partial charge on any atom is -0.494 e. The molecule has 1 aromatic heterocycles. The first kappa shape index (κ1) is 38.7. The lowest BCUT2D eigenvalue weighted by Crippen LogP contribution is -2.52. The second kappa shape index (κ2) is 18.8. The van der Waals surface area contributed by atoms with Crippen LogP contribution >= 0.6 is 0 Å². The summed E-state index contributed by atoms with van der Waals surface area (Å²) < 4.78 is 5.89. The number of nitrogens with zero attached hydrogens (tertiary/aromatic N) is 2. The van der Waals surface area contributed by atoms with Crippen LogP contribution in [-0.4, -0.2) is 51.5 Å². The Bertz CT molecular complexity index is 1700. The van der Waals surface area contributed by atoms with Crippen molar-refractivity contribution < 1.29 is 24.2 Å². The van der Waals surface area contributed by atoms with Gasteiger partial charge >= 0.3 is 5.97 Å². The van der Waals surface area contributed by atoms with E-state index in [9.17, 15) is 19.5 Å². The van der Waals surface area contributed by atoms with Gasteiger partial charge in [-0.05, 0) is 59.2 Å². The second-order valence-corrected chi connectivity index (χ2v) is 14.0. The number of aromatic nitrogens is 2. The Morgan fingerprint density at radius 3 is 1.94 bits per heavy atom. The van der Waals surface area contributed by atoms with Crippen LogP contribution in [0.2, 0.25) is 0 Å². The van der Waals surface area contributed by atoms with Crippen LogP contribution in [0.4, 0.5) is 0 Å². The highest BCUT2D eigenvalue weighted by Gasteiger charge is 2.27. The molecule has 9 nitrogen and oxygen atoms in total. The van der Waals surface area contributed by atoms with Gasteiger partial charge < -0.3 is 20.5 Å². The van der Waals surface area contributed by atoms with Crippen LogP contribution in [0.1, 0.15) is 101 Å². The lowest BCUT2D eigenvalue weighted by atomic mass is 9.86. The zero-order chi connectivity index (χ0) is 36.8. The van der Waals surface area contributed by atoms with Gasteiger partial charge in [-0.2, -0.15) is 0 Å². The molecule has 2 atom stereocenters. The SMILES string of the molecule is CCCCCCCOc1ccc(-c2cnc(-c3ccc(C[C@H](NC(=O)c4ccc(C(C)(C)C)cc4)C(=O)NC(CCC)C(=O)O)cc3)nc2)cc1. The maximum Gasteiger partial charge on any atom is 0.326 e. The smallest absolute Gasteiger partial charge is 0.326 e. The first-order valence-corrected chi connectivity index (χ1v) is 18.1. The molecule has 51 heavy (non-hydrogen) atoms. The number of carbonyl (C=O) groups is 3. The van der Waals surface area contributed by atoms with Crippen LogP contribution in [0, 0.1) is 0 Å². The summed E-state index contributed by atoms with van der Waals surface area (Å²) in [7, 11) is 0. The van der Waals surface area contributed by atoms with E-state index in [-0.39, 0.29) is 18.3 Å². The summed E-state index contributed by atoms with van der Waals surface area (Å²) in [4.78, 5) is 47.7. The highest BCUT2D eigenvalue weighted by Crippen LogP contribution is 2.25. The third-order valence-electron chi connectivity index (χ3n) is 8.83. The lowest BCUT2D eigenvalue weighted by Gasteiger charge is -2.22. The molecule has 0 aliphatic heterocycles. The maximum atomic E-state index is 13.4. The molecule has 0 spiro atoms. The van der Waals surface area contributed by atoms with Gasteiger partial charge in [0, 0.05) is 35.5 Å². The van der Waals surface area contributed by atoms with E-state index in [0.717, 1.165) is 46.6 Å². The average molecular weight is 693 g/mol. The van der Waals surface area contributed by atoms with E-state index < -0.39 is 29.9 Å². The van der Waals surface area contributed by atoms with Crippen LogP contribution < -0.4 is 15.4 Å². The molecule has 0 radical (unpaired) electrons. The summed E-state index contributed by atoms with van der Waals surface area (Å²) in [5.41, 5.74) is 4.89. The Morgan fingerprint density at radius 1 is 0.725 bits per heavy atom. The highest BCUT2D eigenvalue weighted by atomic mass is 16.5. The average Bonchev–Trinajstić information content (AvgIpc) is 3.13. The molecule has 4 aromatic rings. The predicted octanol–water partition coefficient (Wildman–Crippen LogP) is 8.17. The van der Waals surface area contributed by atoms with E-state index in [1.165, 1.54) is 25.7 Å². The number of carboxylic acids is 1. The molecule has 4 rings (SSSR count). The van der Waals surface area contributed by atoms with E-state index in [1.807, 2.05) is 67.6 Å². The molecule has 3 N–H and O–H groups in total. The zero-order valence-corrected chi connectivity index (χ0v) is 30.6. The van der Waals surface area contributed by atoms with Crippen molar-refractivity contribution >= 4 is 17.8 Å². The molecule has 0 fully saturated rings. The van der Waals surface area contributed by atoms with Gasteiger partial charge in [-0.15, -0.1) is 0 Å². The fourth-order valence-electron chi connectivity index (χ4n) is 5.68. The summed E-state index contributed by atoms with van der Waals surface area (Å²) in [6.45, 7) is 11.1. The maximum absolute atomic E-state index is 13.4. The summed E-state index contributed by atoms with van der Waals surface area (Å²) in [6, 6.07) is 20.7. The van der Waals surface area contributed by atoms with E-state index in [2.05, 4.69) is 48.3 Å². The topological polar surface area (TPSA) is 131 Å². The molecule has 0 saturated heterocycles. The minimum atomic E-state index is -1.11. The number of benzene rings is 3. The Hall–Kier alpha value is -5.05. The Balaban J connectivity index is 1.42. The largest absolute Gasteiger partial charge is 0.494 e. The molecule has 0 aliphatic rings. The van der Waals surface area contributed by atoms with Gasteiger partial charge in [0.1, 0.15) is 17.8 Å². The summed E-state index contributed by atoms with van der Waals surface area (Å²) in [5.74, 6) is -0.677. The van der Waals surface area contributed by atoms with Gasteiger partial charge in [-0.1, -0.05) is 115 Å². The summed E-state index contributed by atoms with van der Waals surface area (Å²) >= 11 is 0. The molecule has 2 amide bonds. The molecule has 0 saturated carbocycles. The molecular weight excluding hydrogens is 640 g/mol. The number of aliphatic carboxylic acids is 1. The molecular formula is C42H52N4O5. The van der Waals surface area contributed by atoms with Crippen LogP contribution in [-0.2, 0) is 21.4 Å². The van der Waals surface area contributed by atoms with Crippen molar-refractivity contribution in [2.24, 2.45) is 0 Å². The monoisotopic (exact) mass is 692 g/mol. The van der Waals surface area contributed by atoms with E-state index >= 15 is 0 Å². The zero-order valence-electron chi connectivity index (χ0n) is 30.6. The van der Waals surface area contributed by atoms with Crippen molar-refractivity contribution in [3.8, 4) is 28.3 Å². The normalized spacial score (nSPS) is 12.5. The Morgan fingerprint density at radius 2 is 1.35 bits per heavy atom. The molecule has 0 bridgehead atoms. The van der Waals surface area contributed by atoms with Gasteiger partial charge in [0.2, 0.25) is 5.91 Å². The second-order valence-electron chi connectivity index (χ2n) is 14.0. The number of ether oxygens (including phenoxy) is 1. The van der Waals surface area contributed by atoms with Crippen LogP contribution in [0.15, 0.2) is 85.2 Å². The number of amides is 2. The third kappa shape index (κ3) is 11.8. The van der Waals surface area contributed by atoms with Gasteiger partial charge in [-0.3, -0.25) is 9.59 Å². The van der Waals surface area contributed by atoms with Crippen LogP contribution in [0.3, 0.4) is 0 Å². The molecule has 1 unspecified atom stereocenters. The summed E-state index contributed by atoms with van der Waals surface area (Å²) in [5, 5.41) is 15.1. The van der Waals surface area contributed by atoms with Crippen molar-refractivity contribution in [3.63, 3.8) is 0 Å². The van der Waals surface area contributed by atoms with Gasteiger partial charge in [0.15, 0.2) is 5.82 Å². The minimum absolute atomic E-state index is 0.0729. The van der Waals surface area contributed by atoms with Crippen LogP contribution in [0.25, 0.3) is 22.5 Å². The highest BCUT2D eigenvalue weighted by molar-refractivity contribution is 5.98. The third-order valence-corrected chi connectivity index (χ3v) is 8.83. The predicted molar refractivity (Wildman–Crippen MR) is 202 cm³/mol. The number of carboxylic acid groups (broad SMARTS) is 1. The summed E-state index contributed by atoms with van der Waals surface area (Å²) in [6.07, 6.45) is 10.6. The first-order valence-electron chi connectivity index (χ1n) is 18.1. The molecule has 1 heterocycles. The van der Waals surface area contributed by atoms with Crippen molar-refractivity contribution in [1.82, 2.24) is 20.6 Å².